The van der Waals surface area contributed by atoms with Crippen molar-refractivity contribution in [3.63, 3.8) is 0 Å². The molecule has 4 rings (SSSR count). The minimum absolute atomic E-state index is 0.405. The quantitative estimate of drug-likeness (QED) is 0.709. The molecule has 0 amide bonds. The Balaban J connectivity index is 1.60. The highest BCUT2D eigenvalue weighted by atomic mass is 35.5. The van der Waals surface area contributed by atoms with E-state index in [1.165, 1.54) is 5.56 Å². The Morgan fingerprint density at radius 1 is 1.10 bits per heavy atom. The second kappa shape index (κ2) is 5.01. The zero-order chi connectivity index (χ0) is 14.2. The zero-order valence-corrected chi connectivity index (χ0v) is 12.0. The third kappa shape index (κ3) is 2.34. The van der Waals surface area contributed by atoms with Crippen LogP contribution in [0.3, 0.4) is 0 Å². The van der Waals surface area contributed by atoms with Crippen LogP contribution >= 0.6 is 11.6 Å². The lowest BCUT2D eigenvalue weighted by Gasteiger charge is -2.09. The minimum Gasteiger partial charge on any atom is -0.440 e. The van der Waals surface area contributed by atoms with Crippen molar-refractivity contribution in [2.45, 2.75) is 18.8 Å². The third-order valence-corrected chi connectivity index (χ3v) is 4.09. The lowest BCUT2D eigenvalue weighted by molar-refractivity contribution is 0.510. The van der Waals surface area contributed by atoms with Crippen LogP contribution in [0.15, 0.2) is 53.1 Å². The molecule has 0 spiro atoms. The molecule has 2 heterocycles. The van der Waals surface area contributed by atoms with Crippen LogP contribution in [0.25, 0.3) is 11.6 Å². The highest BCUT2D eigenvalue weighted by Crippen LogP contribution is 2.36. The number of pyridine rings is 1. The number of rotatable bonds is 2. The maximum atomic E-state index is 6.07. The van der Waals surface area contributed by atoms with E-state index in [0.29, 0.717) is 11.8 Å². The molecule has 1 aromatic carbocycles. The van der Waals surface area contributed by atoms with E-state index in [1.807, 2.05) is 36.4 Å². The van der Waals surface area contributed by atoms with Crippen LogP contribution in [0.1, 0.15) is 22.9 Å². The van der Waals surface area contributed by atoms with E-state index >= 15 is 0 Å². The Morgan fingerprint density at radius 3 is 2.81 bits per heavy atom. The molecule has 0 saturated carbocycles. The Hall–Kier alpha value is -2.13. The van der Waals surface area contributed by atoms with Gasteiger partial charge in [0, 0.05) is 24.1 Å². The van der Waals surface area contributed by atoms with Crippen LogP contribution in [-0.4, -0.2) is 9.97 Å². The fourth-order valence-corrected chi connectivity index (χ4v) is 3.03. The smallest absolute Gasteiger partial charge is 0.245 e. The number of oxazole rings is 1. The predicted octanol–water partition coefficient (Wildman–Crippen LogP) is 4.27. The SMILES string of the molecule is Clc1cccc(C2Cc3nc(-c4ccccn4)oc3C2)c1. The van der Waals surface area contributed by atoms with Gasteiger partial charge in [0.2, 0.25) is 5.89 Å². The molecule has 2 aromatic heterocycles. The Kier molecular flexibility index (Phi) is 3.00. The van der Waals surface area contributed by atoms with Gasteiger partial charge in [-0.2, -0.15) is 0 Å². The van der Waals surface area contributed by atoms with Crippen molar-refractivity contribution in [1.82, 2.24) is 9.97 Å². The Bertz CT molecular complexity index is 759. The van der Waals surface area contributed by atoms with E-state index in [-0.39, 0.29) is 0 Å². The summed E-state index contributed by atoms with van der Waals surface area (Å²) in [6.45, 7) is 0. The minimum atomic E-state index is 0.405. The second-order valence-corrected chi connectivity index (χ2v) is 5.70. The first-order valence-corrected chi connectivity index (χ1v) is 7.33. The lowest BCUT2D eigenvalue weighted by atomic mass is 9.97. The van der Waals surface area contributed by atoms with Crippen LogP contribution in [0.5, 0.6) is 0 Å². The number of halogens is 1. The van der Waals surface area contributed by atoms with Gasteiger partial charge in [0.25, 0.3) is 0 Å². The van der Waals surface area contributed by atoms with E-state index in [2.05, 4.69) is 16.0 Å². The van der Waals surface area contributed by atoms with Gasteiger partial charge in [-0.05, 0) is 35.7 Å². The van der Waals surface area contributed by atoms with Crippen molar-refractivity contribution in [2.75, 3.05) is 0 Å². The molecule has 104 valence electrons. The van der Waals surface area contributed by atoms with Crippen molar-refractivity contribution in [3.8, 4) is 11.6 Å². The van der Waals surface area contributed by atoms with E-state index in [1.54, 1.807) is 6.20 Å². The van der Waals surface area contributed by atoms with Gasteiger partial charge in [0.05, 0.1) is 5.69 Å². The van der Waals surface area contributed by atoms with Crippen molar-refractivity contribution in [1.29, 1.82) is 0 Å². The molecule has 1 aliphatic carbocycles. The molecule has 0 fully saturated rings. The van der Waals surface area contributed by atoms with Gasteiger partial charge in [-0.15, -0.1) is 0 Å². The monoisotopic (exact) mass is 296 g/mol. The van der Waals surface area contributed by atoms with Gasteiger partial charge in [-0.1, -0.05) is 29.8 Å². The molecule has 0 aliphatic heterocycles. The van der Waals surface area contributed by atoms with Crippen molar-refractivity contribution >= 4 is 11.6 Å². The maximum Gasteiger partial charge on any atom is 0.245 e. The first-order valence-electron chi connectivity index (χ1n) is 6.95. The molecule has 21 heavy (non-hydrogen) atoms. The van der Waals surface area contributed by atoms with E-state index in [9.17, 15) is 0 Å². The van der Waals surface area contributed by atoms with Crippen LogP contribution in [0.2, 0.25) is 5.02 Å². The summed E-state index contributed by atoms with van der Waals surface area (Å²) >= 11 is 6.07. The molecular weight excluding hydrogens is 284 g/mol. The summed E-state index contributed by atoms with van der Waals surface area (Å²) in [5.74, 6) is 1.99. The summed E-state index contributed by atoms with van der Waals surface area (Å²) in [6, 6.07) is 13.8. The largest absolute Gasteiger partial charge is 0.440 e. The molecule has 0 N–H and O–H groups in total. The fraction of sp³-hybridized carbons (Fsp3) is 0.176. The van der Waals surface area contributed by atoms with E-state index < -0.39 is 0 Å². The maximum absolute atomic E-state index is 6.07. The van der Waals surface area contributed by atoms with Gasteiger partial charge >= 0.3 is 0 Å². The number of aromatic nitrogens is 2. The molecule has 0 saturated heterocycles. The van der Waals surface area contributed by atoms with Gasteiger partial charge in [-0.25, -0.2) is 4.98 Å². The fourth-order valence-electron chi connectivity index (χ4n) is 2.83. The number of nitrogens with zero attached hydrogens (tertiary/aromatic N) is 2. The average Bonchev–Trinajstić information content (AvgIpc) is 3.07. The van der Waals surface area contributed by atoms with E-state index in [4.69, 9.17) is 16.0 Å². The average molecular weight is 297 g/mol. The molecular formula is C17H13ClN2O. The molecule has 3 aromatic rings. The summed E-state index contributed by atoms with van der Waals surface area (Å²) in [4.78, 5) is 8.87. The number of hydrogen-bond acceptors (Lipinski definition) is 3. The highest BCUT2D eigenvalue weighted by Gasteiger charge is 2.29. The predicted molar refractivity (Wildman–Crippen MR) is 81.3 cm³/mol. The van der Waals surface area contributed by atoms with Crippen molar-refractivity contribution < 1.29 is 4.42 Å². The number of benzene rings is 1. The van der Waals surface area contributed by atoms with E-state index in [0.717, 1.165) is 35.0 Å². The molecule has 1 atom stereocenters. The van der Waals surface area contributed by atoms with Crippen LogP contribution < -0.4 is 0 Å². The molecule has 1 unspecified atom stereocenters. The zero-order valence-electron chi connectivity index (χ0n) is 11.3. The van der Waals surface area contributed by atoms with Crippen LogP contribution in [0, 0.1) is 0 Å². The molecule has 1 aliphatic rings. The lowest BCUT2D eigenvalue weighted by Crippen LogP contribution is -1.98. The van der Waals surface area contributed by atoms with Gasteiger partial charge < -0.3 is 4.42 Å². The van der Waals surface area contributed by atoms with Gasteiger partial charge in [-0.3, -0.25) is 4.98 Å². The normalized spacial score (nSPS) is 16.9. The molecule has 4 heteroatoms. The standard InChI is InChI=1S/C17H13ClN2O/c18-13-5-3-4-11(8-13)12-9-15-16(10-12)21-17(20-15)14-6-1-2-7-19-14/h1-8,12H,9-10H2. The Labute approximate surface area is 127 Å². The van der Waals surface area contributed by atoms with Crippen molar-refractivity contribution in [2.24, 2.45) is 0 Å². The van der Waals surface area contributed by atoms with Crippen LogP contribution in [0.4, 0.5) is 0 Å². The van der Waals surface area contributed by atoms with Crippen LogP contribution in [-0.2, 0) is 12.8 Å². The topological polar surface area (TPSA) is 38.9 Å². The van der Waals surface area contributed by atoms with Gasteiger partial charge in [0.1, 0.15) is 11.5 Å². The summed E-state index contributed by atoms with van der Waals surface area (Å²) in [7, 11) is 0. The summed E-state index contributed by atoms with van der Waals surface area (Å²) < 4.78 is 5.89. The highest BCUT2D eigenvalue weighted by molar-refractivity contribution is 6.30. The molecule has 3 nitrogen and oxygen atoms in total. The third-order valence-electron chi connectivity index (χ3n) is 3.85. The van der Waals surface area contributed by atoms with Crippen molar-refractivity contribution in [3.05, 3.63) is 70.7 Å². The number of hydrogen-bond donors (Lipinski definition) is 0. The second-order valence-electron chi connectivity index (χ2n) is 5.26. The number of fused-ring (bicyclic) bond motifs is 1. The summed E-state index contributed by atoms with van der Waals surface area (Å²) in [5, 5.41) is 0.776. The molecule has 0 bridgehead atoms. The van der Waals surface area contributed by atoms with Gasteiger partial charge in [0.15, 0.2) is 0 Å². The first kappa shape index (κ1) is 12.6. The first-order chi connectivity index (χ1) is 10.3. The summed E-state index contributed by atoms with van der Waals surface area (Å²) in [5.41, 5.74) is 3.07. The molecule has 0 radical (unpaired) electrons. The summed E-state index contributed by atoms with van der Waals surface area (Å²) in [6.07, 6.45) is 3.51. The Morgan fingerprint density at radius 2 is 2.05 bits per heavy atom.